The van der Waals surface area contributed by atoms with Gasteiger partial charge in [-0.05, 0) is 65.2 Å². The Kier molecular flexibility index (Phi) is 11.8. The van der Waals surface area contributed by atoms with Crippen LogP contribution >= 0.6 is 0 Å². The Balaban J connectivity index is 3.39. The van der Waals surface area contributed by atoms with Crippen LogP contribution in [-0.4, -0.2) is 29.3 Å². The van der Waals surface area contributed by atoms with E-state index in [9.17, 15) is 0 Å². The molecule has 0 spiro atoms. The van der Waals surface area contributed by atoms with E-state index < -0.39 is 0 Å². The molecule has 4 nitrogen and oxygen atoms in total. The summed E-state index contributed by atoms with van der Waals surface area (Å²) in [6.45, 7) is 27.1. The van der Waals surface area contributed by atoms with Gasteiger partial charge in [0.25, 0.3) is 0 Å². The maximum atomic E-state index is 5.31. The predicted molar refractivity (Wildman–Crippen MR) is 148 cm³/mol. The van der Waals surface area contributed by atoms with Gasteiger partial charge in [0.2, 0.25) is 5.96 Å². The van der Waals surface area contributed by atoms with Gasteiger partial charge in [0.15, 0.2) is 0 Å². The molecule has 1 rings (SSSR count). The molecular formula is C29H56N4. The summed E-state index contributed by atoms with van der Waals surface area (Å²) in [4.78, 5) is 10.5. The Morgan fingerprint density at radius 3 is 1.82 bits per heavy atom. The zero-order valence-electron chi connectivity index (χ0n) is 23.8. The largest absolute Gasteiger partial charge is 0.328 e. The highest BCUT2D eigenvalue weighted by molar-refractivity contribution is 5.99. The first-order valence-corrected chi connectivity index (χ1v) is 13.8. The van der Waals surface area contributed by atoms with E-state index in [1.54, 1.807) is 0 Å². The van der Waals surface area contributed by atoms with Crippen LogP contribution in [0.25, 0.3) is 0 Å². The van der Waals surface area contributed by atoms with Crippen molar-refractivity contribution >= 4 is 11.7 Å². The van der Waals surface area contributed by atoms with E-state index in [2.05, 4.69) is 86.4 Å². The van der Waals surface area contributed by atoms with E-state index in [0.717, 1.165) is 62.3 Å². The highest BCUT2D eigenvalue weighted by Crippen LogP contribution is 2.33. The summed E-state index contributed by atoms with van der Waals surface area (Å²) in [5.74, 6) is 0.757. The molecule has 0 bridgehead atoms. The molecule has 2 unspecified atom stereocenters. The number of aliphatic imine (C=N–C) groups is 2. The van der Waals surface area contributed by atoms with Gasteiger partial charge in [-0.25, -0.2) is 9.98 Å². The third-order valence-electron chi connectivity index (χ3n) is 9.37. The van der Waals surface area contributed by atoms with E-state index in [0.29, 0.717) is 6.04 Å². The van der Waals surface area contributed by atoms with Crippen molar-refractivity contribution in [1.29, 1.82) is 0 Å². The molecule has 192 valence electrons. The smallest absolute Gasteiger partial charge is 0.222 e. The molecule has 1 aliphatic carbocycles. The minimum absolute atomic E-state index is 0.0379. The van der Waals surface area contributed by atoms with Gasteiger partial charge in [-0.1, -0.05) is 74.8 Å². The molecule has 1 saturated carbocycles. The molecule has 0 saturated heterocycles. The Hall–Kier alpha value is -1.16. The minimum atomic E-state index is 0.0379. The van der Waals surface area contributed by atoms with Gasteiger partial charge < -0.3 is 10.6 Å². The molecule has 0 amide bonds. The van der Waals surface area contributed by atoms with Crippen molar-refractivity contribution in [2.24, 2.45) is 20.8 Å². The van der Waals surface area contributed by atoms with Crippen LogP contribution < -0.4 is 10.6 Å². The van der Waals surface area contributed by atoms with E-state index >= 15 is 0 Å². The van der Waals surface area contributed by atoms with Crippen LogP contribution in [0.2, 0.25) is 0 Å². The van der Waals surface area contributed by atoms with Crippen molar-refractivity contribution in [2.75, 3.05) is 0 Å². The molecule has 2 atom stereocenters. The third-order valence-corrected chi connectivity index (χ3v) is 9.37. The van der Waals surface area contributed by atoms with Crippen LogP contribution in [0, 0.1) is 10.8 Å². The Morgan fingerprint density at radius 2 is 1.33 bits per heavy atom. The zero-order valence-corrected chi connectivity index (χ0v) is 23.8. The maximum Gasteiger partial charge on any atom is 0.222 e. The van der Waals surface area contributed by atoms with Crippen LogP contribution in [0.5, 0.6) is 0 Å². The van der Waals surface area contributed by atoms with Crippen LogP contribution in [0.3, 0.4) is 0 Å². The monoisotopic (exact) mass is 460 g/mol. The Bertz CT molecular complexity index is 663. The first-order chi connectivity index (χ1) is 15.5. The summed E-state index contributed by atoms with van der Waals surface area (Å²) in [5.41, 5.74) is 2.49. The second-order valence-corrected chi connectivity index (χ2v) is 11.2. The average Bonchev–Trinajstić information content (AvgIpc) is 2.83. The van der Waals surface area contributed by atoms with E-state index in [1.807, 2.05) is 0 Å². The summed E-state index contributed by atoms with van der Waals surface area (Å²) in [6.07, 6.45) is 11.3. The first-order valence-electron chi connectivity index (χ1n) is 13.8. The van der Waals surface area contributed by atoms with Crippen molar-refractivity contribution in [3.05, 3.63) is 12.3 Å². The lowest BCUT2D eigenvalue weighted by Crippen LogP contribution is -2.53. The molecule has 0 aliphatic heterocycles. The normalized spacial score (nSPS) is 21.3. The molecule has 0 aromatic carbocycles. The van der Waals surface area contributed by atoms with Crippen molar-refractivity contribution in [3.8, 4) is 0 Å². The van der Waals surface area contributed by atoms with Crippen LogP contribution in [-0.2, 0) is 0 Å². The highest BCUT2D eigenvalue weighted by atomic mass is 15.2. The molecule has 4 heteroatoms. The van der Waals surface area contributed by atoms with E-state index in [4.69, 9.17) is 9.98 Å². The summed E-state index contributed by atoms with van der Waals surface area (Å²) < 4.78 is 0. The lowest BCUT2D eigenvalue weighted by molar-refractivity contribution is 0.230. The quantitative estimate of drug-likeness (QED) is 0.229. The standard InChI is InChI=1S/C29H56N4/c1-12-27(9,13-2)22(7)30-26(31-23(8)28(10,14-3)15-4)32-24-20-18-19-21-25(24)33-29(11,16-5)17-6/h24-25,33H,7,12-21H2,1-6,8-11H3,(H,30,32). The van der Waals surface area contributed by atoms with Gasteiger partial charge in [0.1, 0.15) is 0 Å². The molecule has 33 heavy (non-hydrogen) atoms. The topological polar surface area (TPSA) is 48.8 Å². The summed E-state index contributed by atoms with van der Waals surface area (Å²) in [5, 5.41) is 7.60. The third kappa shape index (κ3) is 7.94. The number of rotatable bonds is 12. The van der Waals surface area contributed by atoms with Crippen LogP contribution in [0.15, 0.2) is 22.3 Å². The minimum Gasteiger partial charge on any atom is -0.328 e. The Morgan fingerprint density at radius 1 is 0.818 bits per heavy atom. The second kappa shape index (κ2) is 13.1. The molecule has 0 aromatic rings. The van der Waals surface area contributed by atoms with Gasteiger partial charge in [0.05, 0.1) is 6.04 Å². The van der Waals surface area contributed by atoms with Crippen LogP contribution in [0.4, 0.5) is 0 Å². The van der Waals surface area contributed by atoms with Crippen molar-refractivity contribution in [1.82, 2.24) is 10.6 Å². The van der Waals surface area contributed by atoms with Gasteiger partial charge in [-0.2, -0.15) is 0 Å². The SMILES string of the molecule is C=C(NC(=NC1CCCCC1NC(C)(CC)CC)N=C(C)C(C)(CC)CC)C(C)(CC)CC. The van der Waals surface area contributed by atoms with Gasteiger partial charge in [-0.15, -0.1) is 0 Å². The first kappa shape index (κ1) is 29.9. The van der Waals surface area contributed by atoms with Crippen molar-refractivity contribution in [3.63, 3.8) is 0 Å². The number of guanidine groups is 1. The lowest BCUT2D eigenvalue weighted by Gasteiger charge is -2.39. The Labute approximate surface area is 206 Å². The fraction of sp³-hybridized carbons (Fsp3) is 0.862. The average molecular weight is 461 g/mol. The van der Waals surface area contributed by atoms with E-state index in [-0.39, 0.29) is 22.4 Å². The van der Waals surface area contributed by atoms with Crippen molar-refractivity contribution in [2.45, 2.75) is 151 Å². The summed E-state index contributed by atoms with van der Waals surface area (Å²) in [6, 6.07) is 0.642. The lowest BCUT2D eigenvalue weighted by atomic mass is 9.80. The van der Waals surface area contributed by atoms with Gasteiger partial charge in [0, 0.05) is 33.8 Å². The molecular weight excluding hydrogens is 404 g/mol. The second-order valence-electron chi connectivity index (χ2n) is 11.2. The number of hydrogen-bond donors (Lipinski definition) is 2. The number of nitrogens with zero attached hydrogens (tertiary/aromatic N) is 2. The van der Waals surface area contributed by atoms with E-state index in [1.165, 1.54) is 19.3 Å². The zero-order chi connectivity index (χ0) is 25.3. The molecule has 0 radical (unpaired) electrons. The molecule has 2 N–H and O–H groups in total. The summed E-state index contributed by atoms with van der Waals surface area (Å²) in [7, 11) is 0. The van der Waals surface area contributed by atoms with Crippen molar-refractivity contribution < 1.29 is 0 Å². The summed E-state index contributed by atoms with van der Waals surface area (Å²) >= 11 is 0. The van der Waals surface area contributed by atoms with Gasteiger partial charge >= 0.3 is 0 Å². The molecule has 1 fully saturated rings. The molecule has 0 heterocycles. The number of nitrogens with one attached hydrogen (secondary N) is 2. The predicted octanol–water partition coefficient (Wildman–Crippen LogP) is 8.04. The maximum absolute atomic E-state index is 5.31. The number of hydrogen-bond acceptors (Lipinski definition) is 2. The van der Waals surface area contributed by atoms with Gasteiger partial charge in [-0.3, -0.25) is 0 Å². The number of allylic oxidation sites excluding steroid dienone is 1. The fourth-order valence-electron chi connectivity index (χ4n) is 4.60. The molecule has 0 aromatic heterocycles. The molecule has 1 aliphatic rings. The highest BCUT2D eigenvalue weighted by Gasteiger charge is 2.32. The van der Waals surface area contributed by atoms with Crippen LogP contribution in [0.1, 0.15) is 133 Å². The fourth-order valence-corrected chi connectivity index (χ4v) is 4.60.